The Labute approximate surface area is 130 Å². The third-order valence-corrected chi connectivity index (χ3v) is 4.81. The molecule has 5 nitrogen and oxygen atoms in total. The van der Waals surface area contributed by atoms with Crippen molar-refractivity contribution in [2.24, 2.45) is 4.99 Å². The largest absolute Gasteiger partial charge is 0.354 e. The minimum Gasteiger partial charge on any atom is -0.354 e. The molecule has 0 aromatic carbocycles. The smallest absolute Gasteiger partial charge is 0.242 e. The number of nitrogens with one attached hydrogen (secondary N) is 2. The monoisotopic (exact) mass is 308 g/mol. The second-order valence-electron chi connectivity index (χ2n) is 5.31. The van der Waals surface area contributed by atoms with Crippen molar-refractivity contribution >= 4 is 23.2 Å². The third kappa shape index (κ3) is 4.20. The number of aliphatic imine (C=N–C) groups is 1. The number of thiophene rings is 1. The van der Waals surface area contributed by atoms with Crippen LogP contribution in [0.5, 0.6) is 0 Å². The van der Waals surface area contributed by atoms with Crippen molar-refractivity contribution in [3.05, 3.63) is 21.9 Å². The Morgan fingerprint density at radius 3 is 3.10 bits per heavy atom. The van der Waals surface area contributed by atoms with Crippen LogP contribution in [0.1, 0.15) is 30.7 Å². The van der Waals surface area contributed by atoms with Crippen LogP contribution < -0.4 is 10.6 Å². The van der Waals surface area contributed by atoms with E-state index < -0.39 is 0 Å². The van der Waals surface area contributed by atoms with Crippen molar-refractivity contribution in [2.45, 2.75) is 39.3 Å². The van der Waals surface area contributed by atoms with E-state index in [1.165, 1.54) is 10.4 Å². The number of rotatable bonds is 4. The molecule has 0 spiro atoms. The fourth-order valence-electron chi connectivity index (χ4n) is 2.26. The SMILES string of the molecule is CCC(C)NC(=NC)NCC(=O)N1CCc2sccc2C1. The molecular weight excluding hydrogens is 284 g/mol. The van der Waals surface area contributed by atoms with Crippen LogP contribution in [0, 0.1) is 0 Å². The first-order chi connectivity index (χ1) is 10.1. The van der Waals surface area contributed by atoms with Gasteiger partial charge in [-0.1, -0.05) is 6.92 Å². The van der Waals surface area contributed by atoms with Gasteiger partial charge < -0.3 is 15.5 Å². The number of hydrogen-bond donors (Lipinski definition) is 2. The molecule has 0 saturated heterocycles. The first kappa shape index (κ1) is 15.8. The molecule has 0 fully saturated rings. The van der Waals surface area contributed by atoms with Crippen molar-refractivity contribution in [1.29, 1.82) is 0 Å². The minimum absolute atomic E-state index is 0.124. The lowest BCUT2D eigenvalue weighted by Gasteiger charge is -2.27. The topological polar surface area (TPSA) is 56.7 Å². The van der Waals surface area contributed by atoms with Gasteiger partial charge in [-0.25, -0.2) is 0 Å². The normalized spacial score (nSPS) is 16.3. The van der Waals surface area contributed by atoms with Crippen molar-refractivity contribution in [3.8, 4) is 0 Å². The molecule has 6 heteroatoms. The van der Waals surface area contributed by atoms with Crippen molar-refractivity contribution in [1.82, 2.24) is 15.5 Å². The second kappa shape index (κ2) is 7.45. The van der Waals surface area contributed by atoms with E-state index in [0.29, 0.717) is 12.0 Å². The molecule has 0 saturated carbocycles. The lowest BCUT2D eigenvalue weighted by molar-refractivity contribution is -0.130. The summed E-state index contributed by atoms with van der Waals surface area (Å²) in [7, 11) is 1.72. The van der Waals surface area contributed by atoms with Crippen molar-refractivity contribution < 1.29 is 4.79 Å². The quantitative estimate of drug-likeness (QED) is 0.656. The van der Waals surface area contributed by atoms with Gasteiger partial charge in [-0.2, -0.15) is 0 Å². The number of amides is 1. The summed E-state index contributed by atoms with van der Waals surface area (Å²) in [5, 5.41) is 8.46. The van der Waals surface area contributed by atoms with Crippen LogP contribution >= 0.6 is 11.3 Å². The van der Waals surface area contributed by atoms with Gasteiger partial charge in [-0.05, 0) is 36.8 Å². The Morgan fingerprint density at radius 1 is 1.57 bits per heavy atom. The highest BCUT2D eigenvalue weighted by Crippen LogP contribution is 2.23. The van der Waals surface area contributed by atoms with Gasteiger partial charge in [0, 0.05) is 31.1 Å². The highest BCUT2D eigenvalue weighted by Gasteiger charge is 2.21. The summed E-state index contributed by atoms with van der Waals surface area (Å²) < 4.78 is 0. The first-order valence-corrected chi connectivity index (χ1v) is 8.32. The Morgan fingerprint density at radius 2 is 2.38 bits per heavy atom. The number of hydrogen-bond acceptors (Lipinski definition) is 3. The second-order valence-corrected chi connectivity index (χ2v) is 6.31. The average molecular weight is 308 g/mol. The third-order valence-electron chi connectivity index (χ3n) is 3.79. The molecule has 1 aliphatic heterocycles. The van der Waals surface area contributed by atoms with Crippen LogP contribution in [-0.2, 0) is 17.8 Å². The number of carbonyl (C=O) groups is 1. The van der Waals surface area contributed by atoms with E-state index in [9.17, 15) is 4.79 Å². The molecule has 1 atom stereocenters. The van der Waals surface area contributed by atoms with Crippen LogP contribution in [0.2, 0.25) is 0 Å². The number of fused-ring (bicyclic) bond motifs is 1. The van der Waals surface area contributed by atoms with Gasteiger partial charge in [0.05, 0.1) is 6.54 Å². The predicted octanol–water partition coefficient (Wildman–Crippen LogP) is 1.60. The molecule has 116 valence electrons. The zero-order chi connectivity index (χ0) is 15.2. The maximum atomic E-state index is 12.3. The molecule has 2 rings (SSSR count). The summed E-state index contributed by atoms with van der Waals surface area (Å²) in [5.41, 5.74) is 1.29. The van der Waals surface area contributed by atoms with Gasteiger partial charge in [0.15, 0.2) is 5.96 Å². The van der Waals surface area contributed by atoms with E-state index in [1.807, 2.05) is 4.90 Å². The first-order valence-electron chi connectivity index (χ1n) is 7.44. The molecule has 1 aromatic rings. The van der Waals surface area contributed by atoms with E-state index in [-0.39, 0.29) is 12.5 Å². The molecular formula is C15H24N4OS. The molecule has 1 aliphatic rings. The van der Waals surface area contributed by atoms with Gasteiger partial charge in [0.1, 0.15) is 0 Å². The van der Waals surface area contributed by atoms with E-state index >= 15 is 0 Å². The summed E-state index contributed by atoms with van der Waals surface area (Å²) in [4.78, 5) is 19.8. The Bertz CT molecular complexity index is 512. The maximum absolute atomic E-state index is 12.3. The molecule has 0 aliphatic carbocycles. The summed E-state index contributed by atoms with van der Waals surface area (Å²) in [6, 6.07) is 2.46. The number of guanidine groups is 1. The van der Waals surface area contributed by atoms with E-state index in [4.69, 9.17) is 0 Å². The molecule has 1 amide bonds. The van der Waals surface area contributed by atoms with Crippen molar-refractivity contribution in [2.75, 3.05) is 20.1 Å². The maximum Gasteiger partial charge on any atom is 0.242 e. The van der Waals surface area contributed by atoms with Crippen LogP contribution in [0.15, 0.2) is 16.4 Å². The van der Waals surface area contributed by atoms with Crippen LogP contribution in [0.4, 0.5) is 0 Å². The van der Waals surface area contributed by atoms with Crippen LogP contribution in [0.25, 0.3) is 0 Å². The summed E-state index contributed by atoms with van der Waals surface area (Å²) >= 11 is 1.79. The highest BCUT2D eigenvalue weighted by atomic mass is 32.1. The number of carbonyl (C=O) groups excluding carboxylic acids is 1. The molecule has 0 radical (unpaired) electrons. The molecule has 2 N–H and O–H groups in total. The van der Waals surface area contributed by atoms with Gasteiger partial charge in [0.2, 0.25) is 5.91 Å². The molecule has 21 heavy (non-hydrogen) atoms. The summed E-state index contributed by atoms with van der Waals surface area (Å²) in [6.45, 7) is 6.04. The summed E-state index contributed by atoms with van der Waals surface area (Å²) in [5.74, 6) is 0.810. The lowest BCUT2D eigenvalue weighted by Crippen LogP contribution is -2.47. The minimum atomic E-state index is 0.124. The van der Waals surface area contributed by atoms with Crippen molar-refractivity contribution in [3.63, 3.8) is 0 Å². The van der Waals surface area contributed by atoms with Gasteiger partial charge in [-0.15, -0.1) is 11.3 Å². The van der Waals surface area contributed by atoms with Crippen LogP contribution in [0.3, 0.4) is 0 Å². The van der Waals surface area contributed by atoms with Crippen LogP contribution in [-0.4, -0.2) is 42.9 Å². The zero-order valence-corrected chi connectivity index (χ0v) is 13.8. The Hall–Kier alpha value is -1.56. The standard InChI is InChI=1S/C15H24N4OS/c1-4-11(2)18-15(16-3)17-9-14(20)19-7-5-13-12(10-19)6-8-21-13/h6,8,11H,4-5,7,9-10H2,1-3H3,(H2,16,17,18). The van der Waals surface area contributed by atoms with E-state index in [1.54, 1.807) is 18.4 Å². The van der Waals surface area contributed by atoms with E-state index in [2.05, 4.69) is 40.9 Å². The molecule has 1 unspecified atom stereocenters. The van der Waals surface area contributed by atoms with E-state index in [0.717, 1.165) is 25.9 Å². The Kier molecular flexibility index (Phi) is 5.61. The fraction of sp³-hybridized carbons (Fsp3) is 0.600. The van der Waals surface area contributed by atoms with Gasteiger partial charge >= 0.3 is 0 Å². The highest BCUT2D eigenvalue weighted by molar-refractivity contribution is 7.10. The molecule has 2 heterocycles. The molecule has 1 aromatic heterocycles. The fourth-order valence-corrected chi connectivity index (χ4v) is 3.15. The number of nitrogens with zero attached hydrogens (tertiary/aromatic N) is 2. The average Bonchev–Trinajstić information content (AvgIpc) is 2.98. The summed E-state index contributed by atoms with van der Waals surface area (Å²) in [6.07, 6.45) is 1.99. The molecule has 0 bridgehead atoms. The zero-order valence-electron chi connectivity index (χ0n) is 13.0. The predicted molar refractivity (Wildman–Crippen MR) is 87.7 cm³/mol. The van der Waals surface area contributed by atoms with Gasteiger partial charge in [-0.3, -0.25) is 9.79 Å². The lowest BCUT2D eigenvalue weighted by atomic mass is 10.1. The Balaban J connectivity index is 1.82. The van der Waals surface area contributed by atoms with Gasteiger partial charge in [0.25, 0.3) is 0 Å².